The van der Waals surface area contributed by atoms with E-state index in [0.29, 0.717) is 11.5 Å². The van der Waals surface area contributed by atoms with Crippen LogP contribution in [-0.4, -0.2) is 36.7 Å². The van der Waals surface area contributed by atoms with Gasteiger partial charge in [0.15, 0.2) is 0 Å². The minimum atomic E-state index is -0.196. The van der Waals surface area contributed by atoms with E-state index < -0.39 is 0 Å². The van der Waals surface area contributed by atoms with Crippen LogP contribution in [0.15, 0.2) is 41.1 Å². The Labute approximate surface area is 213 Å². The van der Waals surface area contributed by atoms with Crippen LogP contribution in [0.4, 0.5) is 0 Å². The Morgan fingerprint density at radius 3 is 2.19 bits per heavy atom. The third-order valence-corrected chi connectivity index (χ3v) is 5.97. The molecule has 4 aromatic rings. The highest BCUT2D eigenvalue weighted by Gasteiger charge is 2.22. The number of rotatable bonds is 5. The second-order valence-electron chi connectivity index (χ2n) is 8.40. The van der Waals surface area contributed by atoms with E-state index in [1.54, 1.807) is 47.3 Å². The number of hydrogen-bond donors (Lipinski definition) is 1. The summed E-state index contributed by atoms with van der Waals surface area (Å²) in [6, 6.07) is 3.67. The molecule has 194 valence electrons. The van der Waals surface area contributed by atoms with Crippen LogP contribution >= 0.6 is 0 Å². The highest BCUT2D eigenvalue weighted by molar-refractivity contribution is 6.23. The van der Waals surface area contributed by atoms with Gasteiger partial charge in [-0.05, 0) is 39.8 Å². The van der Waals surface area contributed by atoms with Gasteiger partial charge in [-0.3, -0.25) is 18.8 Å². The number of pyridine rings is 1. The fourth-order valence-electron chi connectivity index (χ4n) is 4.47. The summed E-state index contributed by atoms with van der Waals surface area (Å²) >= 11 is 0. The molecule has 0 saturated heterocycles. The number of benzene rings is 1. The van der Waals surface area contributed by atoms with Gasteiger partial charge in [0, 0.05) is 48.1 Å². The molecule has 1 unspecified atom stereocenters. The quantitative estimate of drug-likeness (QED) is 0.340. The normalized spacial score (nSPS) is 11.3. The second-order valence-corrected chi connectivity index (χ2v) is 8.40. The molecular formula is C28H40N6O2. The number of fused-ring (bicyclic) bond motifs is 3. The summed E-state index contributed by atoms with van der Waals surface area (Å²) in [5.74, 6) is 0.648. The van der Waals surface area contributed by atoms with Gasteiger partial charge in [0.05, 0.1) is 42.1 Å². The molecule has 8 nitrogen and oxygen atoms in total. The Kier molecular flexibility index (Phi) is 9.39. The first-order valence-corrected chi connectivity index (χ1v) is 12.4. The smallest absolute Gasteiger partial charge is 0.329 e. The van der Waals surface area contributed by atoms with Crippen molar-refractivity contribution in [2.24, 2.45) is 14.1 Å². The van der Waals surface area contributed by atoms with Gasteiger partial charge in [-0.1, -0.05) is 33.3 Å². The highest BCUT2D eigenvalue weighted by atomic mass is 16.5. The summed E-state index contributed by atoms with van der Waals surface area (Å²) in [7, 11) is 5.26. The third-order valence-electron chi connectivity index (χ3n) is 5.97. The lowest BCUT2D eigenvalue weighted by molar-refractivity contribution is 0.414. The van der Waals surface area contributed by atoms with E-state index in [4.69, 9.17) is 15.1 Å². The summed E-state index contributed by atoms with van der Waals surface area (Å²) in [5, 5.41) is 13.3. The number of aryl methyl sites for hydroxylation is 2. The van der Waals surface area contributed by atoms with Crippen LogP contribution in [0.5, 0.6) is 5.75 Å². The van der Waals surface area contributed by atoms with Crippen LogP contribution in [0.25, 0.3) is 27.5 Å². The molecule has 8 heteroatoms. The van der Waals surface area contributed by atoms with E-state index in [9.17, 15) is 4.79 Å². The number of allylic oxidation sites excluding steroid dienone is 2. The zero-order chi connectivity index (χ0) is 27.3. The average molecular weight is 493 g/mol. The predicted molar refractivity (Wildman–Crippen MR) is 150 cm³/mol. The van der Waals surface area contributed by atoms with Crippen LogP contribution in [0, 0.1) is 5.41 Å². The number of methoxy groups -OCH3 is 1. The third kappa shape index (κ3) is 4.98. The molecule has 0 aliphatic rings. The van der Waals surface area contributed by atoms with Crippen LogP contribution < -0.4 is 10.4 Å². The summed E-state index contributed by atoms with van der Waals surface area (Å²) in [5.41, 5.74) is 6.28. The molecule has 0 aliphatic carbocycles. The molecule has 36 heavy (non-hydrogen) atoms. The largest absolute Gasteiger partial charge is 0.496 e. The van der Waals surface area contributed by atoms with Gasteiger partial charge in [-0.25, -0.2) is 4.79 Å². The molecule has 0 saturated carbocycles. The number of aromatic nitrogens is 5. The van der Waals surface area contributed by atoms with Gasteiger partial charge >= 0.3 is 5.69 Å². The molecule has 1 N–H and O–H groups in total. The van der Waals surface area contributed by atoms with E-state index in [1.165, 1.54) is 0 Å². The van der Waals surface area contributed by atoms with Crippen molar-refractivity contribution >= 4 is 33.2 Å². The van der Waals surface area contributed by atoms with Crippen molar-refractivity contribution in [2.45, 2.75) is 61.4 Å². The van der Waals surface area contributed by atoms with Gasteiger partial charge in [-0.15, -0.1) is 0 Å². The predicted octanol–water partition coefficient (Wildman–Crippen LogP) is 6.13. The van der Waals surface area contributed by atoms with Crippen molar-refractivity contribution in [3.8, 4) is 5.75 Å². The van der Waals surface area contributed by atoms with Crippen molar-refractivity contribution in [3.63, 3.8) is 0 Å². The van der Waals surface area contributed by atoms with Crippen LogP contribution in [0.2, 0.25) is 0 Å². The summed E-state index contributed by atoms with van der Waals surface area (Å²) in [4.78, 5) is 18.0. The van der Waals surface area contributed by atoms with Crippen molar-refractivity contribution in [2.75, 3.05) is 7.11 Å². The average Bonchev–Trinajstić information content (AvgIpc) is 3.41. The van der Waals surface area contributed by atoms with Crippen LogP contribution in [-0.2, 0) is 14.1 Å². The van der Waals surface area contributed by atoms with Gasteiger partial charge in [0.1, 0.15) is 5.75 Å². The van der Waals surface area contributed by atoms with Gasteiger partial charge < -0.3 is 10.1 Å². The van der Waals surface area contributed by atoms with Gasteiger partial charge in [0.2, 0.25) is 0 Å². The molecule has 1 aromatic carbocycles. The fraction of sp³-hybridized carbons (Fsp3) is 0.429. The van der Waals surface area contributed by atoms with Crippen molar-refractivity contribution in [3.05, 3.63) is 57.9 Å². The highest BCUT2D eigenvalue weighted by Crippen LogP contribution is 2.35. The number of imidazole rings is 1. The van der Waals surface area contributed by atoms with Crippen LogP contribution in [0.1, 0.15) is 72.6 Å². The number of nitrogens with zero attached hydrogens (tertiary/aromatic N) is 5. The summed E-state index contributed by atoms with van der Waals surface area (Å²) < 4.78 is 10.9. The summed E-state index contributed by atoms with van der Waals surface area (Å²) in [6.07, 6.45) is 5.45. The zero-order valence-electron chi connectivity index (χ0n) is 23.5. The first kappa shape index (κ1) is 28.6. The Hall–Kier alpha value is -3.68. The topological polar surface area (TPSA) is 90.7 Å². The Morgan fingerprint density at radius 2 is 1.69 bits per heavy atom. The van der Waals surface area contributed by atoms with Crippen molar-refractivity contribution < 1.29 is 4.74 Å². The lowest BCUT2D eigenvalue weighted by Gasteiger charge is -2.15. The Balaban J connectivity index is 0.00000109. The maximum atomic E-state index is 13.3. The molecule has 0 radical (unpaired) electrons. The van der Waals surface area contributed by atoms with E-state index in [0.717, 1.165) is 44.2 Å². The van der Waals surface area contributed by atoms with Crippen molar-refractivity contribution in [1.82, 2.24) is 23.9 Å². The number of hydrogen-bond acceptors (Lipinski definition) is 5. The molecule has 0 aliphatic heterocycles. The lowest BCUT2D eigenvalue weighted by atomic mass is 9.95. The Bertz CT molecular complexity index is 1460. The lowest BCUT2D eigenvalue weighted by Crippen LogP contribution is -2.25. The molecular weight excluding hydrogens is 452 g/mol. The zero-order valence-corrected chi connectivity index (χ0v) is 23.5. The molecule has 3 heterocycles. The minimum Gasteiger partial charge on any atom is -0.496 e. The fourth-order valence-corrected chi connectivity index (χ4v) is 4.47. The maximum Gasteiger partial charge on any atom is 0.329 e. The summed E-state index contributed by atoms with van der Waals surface area (Å²) in [6.45, 7) is 15.7. The molecule has 0 bridgehead atoms. The van der Waals surface area contributed by atoms with E-state index >= 15 is 0 Å². The standard InChI is InChI=1S/C24H28N6O2.2C2H6/c1-13(2)22(14(3)25)18-8-19-17(9-21(18)32-7)23-20(11-26-19)30(24(31)29(23)6)15(4)16-10-27-28(5)12-16;2*1-2/h8-12,15,25H,1-7H3;2*1-2H3. The molecule has 0 amide bonds. The molecule has 1 atom stereocenters. The first-order chi connectivity index (χ1) is 17.1. The van der Waals surface area contributed by atoms with Crippen LogP contribution in [0.3, 0.4) is 0 Å². The first-order valence-electron chi connectivity index (χ1n) is 12.4. The number of nitrogens with one attached hydrogen (secondary N) is 1. The Morgan fingerprint density at radius 1 is 1.06 bits per heavy atom. The number of ether oxygens (including phenoxy) is 1. The molecule has 4 rings (SSSR count). The second kappa shape index (κ2) is 11.8. The van der Waals surface area contributed by atoms with Gasteiger partial charge in [-0.2, -0.15) is 5.10 Å². The van der Waals surface area contributed by atoms with E-state index in [2.05, 4.69) is 5.10 Å². The molecule has 3 aromatic heterocycles. The van der Waals surface area contributed by atoms with Crippen molar-refractivity contribution in [1.29, 1.82) is 5.41 Å². The van der Waals surface area contributed by atoms with E-state index in [1.807, 2.05) is 73.8 Å². The minimum absolute atomic E-state index is 0.117. The SMILES string of the molecule is CC.CC.COc1cc2c(cc1C(C(C)=N)=C(C)C)ncc1c2n(C)c(=O)n1C(C)c1cnn(C)c1. The molecule has 0 fully saturated rings. The molecule has 0 spiro atoms. The van der Waals surface area contributed by atoms with Gasteiger partial charge in [0.25, 0.3) is 0 Å². The maximum absolute atomic E-state index is 13.3. The monoisotopic (exact) mass is 492 g/mol. The van der Waals surface area contributed by atoms with E-state index in [-0.39, 0.29) is 11.7 Å².